The van der Waals surface area contributed by atoms with Gasteiger partial charge in [-0.2, -0.15) is 0 Å². The van der Waals surface area contributed by atoms with Gasteiger partial charge in [0.15, 0.2) is 0 Å². The Balaban J connectivity index is 2.72. The summed E-state index contributed by atoms with van der Waals surface area (Å²) in [6.45, 7) is 4.22. The van der Waals surface area contributed by atoms with E-state index in [1.807, 2.05) is 6.08 Å². The molecule has 1 rings (SSSR count). The molecule has 0 saturated heterocycles. The van der Waals surface area contributed by atoms with E-state index in [1.165, 1.54) is 11.1 Å². The lowest BCUT2D eigenvalue weighted by atomic mass is 9.93. The van der Waals surface area contributed by atoms with Crippen LogP contribution in [0.4, 0.5) is 0 Å². The van der Waals surface area contributed by atoms with Crippen LogP contribution in [-0.2, 0) is 4.79 Å². The molecule has 0 N–H and O–H groups in total. The lowest BCUT2D eigenvalue weighted by Crippen LogP contribution is -2.01. The highest BCUT2D eigenvalue weighted by Gasteiger charge is 2.12. The molecule has 0 unspecified atom stereocenters. The molecule has 0 amide bonds. The van der Waals surface area contributed by atoms with E-state index in [0.29, 0.717) is 0 Å². The van der Waals surface area contributed by atoms with E-state index in [2.05, 4.69) is 13.8 Å². The summed E-state index contributed by atoms with van der Waals surface area (Å²) >= 11 is 5.36. The molecule has 0 bridgehead atoms. The van der Waals surface area contributed by atoms with Gasteiger partial charge in [0.05, 0.1) is 0 Å². The summed E-state index contributed by atoms with van der Waals surface area (Å²) in [5, 5.41) is -0.289. The highest BCUT2D eigenvalue weighted by molar-refractivity contribution is 6.67. The standard InChI is InChI=1S/C10H13ClO/c1-7(2)8-3-5-9(6-4-8)10(11)12/h5H,3-4,6H2,1-2H3. The molecule has 0 saturated carbocycles. The molecule has 0 aromatic heterocycles. The van der Waals surface area contributed by atoms with E-state index in [9.17, 15) is 4.79 Å². The zero-order valence-electron chi connectivity index (χ0n) is 7.48. The van der Waals surface area contributed by atoms with Crippen molar-refractivity contribution in [2.24, 2.45) is 0 Å². The summed E-state index contributed by atoms with van der Waals surface area (Å²) in [7, 11) is 0. The third-order valence-corrected chi connectivity index (χ3v) is 2.49. The Morgan fingerprint density at radius 1 is 1.42 bits per heavy atom. The van der Waals surface area contributed by atoms with Crippen molar-refractivity contribution in [3.05, 3.63) is 22.8 Å². The molecule has 0 heterocycles. The first-order valence-electron chi connectivity index (χ1n) is 4.15. The number of rotatable bonds is 1. The lowest BCUT2D eigenvalue weighted by Gasteiger charge is -2.14. The maximum absolute atomic E-state index is 10.8. The fourth-order valence-electron chi connectivity index (χ4n) is 1.37. The van der Waals surface area contributed by atoms with Crippen molar-refractivity contribution < 1.29 is 4.79 Å². The summed E-state index contributed by atoms with van der Waals surface area (Å²) in [6.07, 6.45) is 4.65. The van der Waals surface area contributed by atoms with Crippen molar-refractivity contribution in [3.63, 3.8) is 0 Å². The van der Waals surface area contributed by atoms with Gasteiger partial charge in [-0.05, 0) is 44.7 Å². The summed E-state index contributed by atoms with van der Waals surface area (Å²) in [6, 6.07) is 0. The van der Waals surface area contributed by atoms with Crippen LogP contribution in [-0.4, -0.2) is 5.24 Å². The van der Waals surface area contributed by atoms with Crippen molar-refractivity contribution in [1.29, 1.82) is 0 Å². The number of halogens is 1. The predicted molar refractivity (Wildman–Crippen MR) is 51.2 cm³/mol. The Kier molecular flexibility index (Phi) is 3.10. The van der Waals surface area contributed by atoms with E-state index in [1.54, 1.807) is 0 Å². The van der Waals surface area contributed by atoms with Gasteiger partial charge in [0, 0.05) is 5.57 Å². The molecular weight excluding hydrogens is 172 g/mol. The van der Waals surface area contributed by atoms with Gasteiger partial charge >= 0.3 is 0 Å². The second-order valence-corrected chi connectivity index (χ2v) is 3.65. The van der Waals surface area contributed by atoms with Crippen LogP contribution in [0.1, 0.15) is 33.1 Å². The van der Waals surface area contributed by atoms with Gasteiger partial charge in [-0.15, -0.1) is 0 Å². The Morgan fingerprint density at radius 2 is 2.08 bits per heavy atom. The molecule has 0 aromatic carbocycles. The molecule has 0 aliphatic heterocycles. The lowest BCUT2D eigenvalue weighted by molar-refractivity contribution is -0.108. The van der Waals surface area contributed by atoms with Gasteiger partial charge in [-0.3, -0.25) is 4.79 Å². The molecule has 1 aliphatic carbocycles. The van der Waals surface area contributed by atoms with Crippen LogP contribution in [0.25, 0.3) is 0 Å². The first kappa shape index (κ1) is 9.53. The Hall–Kier alpha value is -0.560. The quantitative estimate of drug-likeness (QED) is 0.452. The first-order chi connectivity index (χ1) is 5.61. The molecular formula is C10H13ClO. The summed E-state index contributed by atoms with van der Waals surface area (Å²) in [5.74, 6) is 0. The second kappa shape index (κ2) is 3.90. The number of hydrogen-bond donors (Lipinski definition) is 0. The van der Waals surface area contributed by atoms with E-state index < -0.39 is 0 Å². The molecule has 1 nitrogen and oxygen atoms in total. The van der Waals surface area contributed by atoms with E-state index in [0.717, 1.165) is 24.8 Å². The van der Waals surface area contributed by atoms with Gasteiger partial charge < -0.3 is 0 Å². The Morgan fingerprint density at radius 3 is 2.42 bits per heavy atom. The normalized spacial score (nSPS) is 17.2. The molecule has 0 fully saturated rings. The number of hydrogen-bond acceptors (Lipinski definition) is 1. The third-order valence-electron chi connectivity index (χ3n) is 2.25. The fourth-order valence-corrected chi connectivity index (χ4v) is 1.54. The SMILES string of the molecule is CC(C)=C1CC=C(C(=O)Cl)CC1. The maximum Gasteiger partial charge on any atom is 0.248 e. The maximum atomic E-state index is 10.8. The number of allylic oxidation sites excluding steroid dienone is 4. The Bertz CT molecular complexity index is 257. The van der Waals surface area contributed by atoms with Crippen molar-refractivity contribution >= 4 is 16.8 Å². The van der Waals surface area contributed by atoms with Crippen LogP contribution in [0.15, 0.2) is 22.8 Å². The Labute approximate surface area is 78.1 Å². The van der Waals surface area contributed by atoms with E-state index in [-0.39, 0.29) is 5.24 Å². The van der Waals surface area contributed by atoms with Gasteiger partial charge in [0.25, 0.3) is 0 Å². The van der Waals surface area contributed by atoms with Crippen LogP contribution < -0.4 is 0 Å². The van der Waals surface area contributed by atoms with Crippen LogP contribution in [0.2, 0.25) is 0 Å². The fraction of sp³-hybridized carbons (Fsp3) is 0.500. The molecule has 2 heteroatoms. The number of carbonyl (C=O) groups is 1. The zero-order chi connectivity index (χ0) is 9.14. The van der Waals surface area contributed by atoms with Crippen molar-refractivity contribution in [1.82, 2.24) is 0 Å². The predicted octanol–water partition coefficient (Wildman–Crippen LogP) is 3.20. The van der Waals surface area contributed by atoms with Crippen molar-refractivity contribution in [2.75, 3.05) is 0 Å². The van der Waals surface area contributed by atoms with Crippen LogP contribution >= 0.6 is 11.6 Å². The van der Waals surface area contributed by atoms with Crippen molar-refractivity contribution in [3.8, 4) is 0 Å². The first-order valence-corrected chi connectivity index (χ1v) is 4.53. The average molecular weight is 185 g/mol. The van der Waals surface area contributed by atoms with Crippen LogP contribution in [0, 0.1) is 0 Å². The molecule has 66 valence electrons. The topological polar surface area (TPSA) is 17.1 Å². The summed E-state index contributed by atoms with van der Waals surface area (Å²) < 4.78 is 0. The molecule has 12 heavy (non-hydrogen) atoms. The summed E-state index contributed by atoms with van der Waals surface area (Å²) in [4.78, 5) is 10.8. The largest absolute Gasteiger partial charge is 0.276 e. The summed E-state index contributed by atoms with van der Waals surface area (Å²) in [5.41, 5.74) is 3.59. The highest BCUT2D eigenvalue weighted by Crippen LogP contribution is 2.26. The minimum atomic E-state index is -0.289. The molecule has 0 aromatic rings. The van der Waals surface area contributed by atoms with E-state index >= 15 is 0 Å². The van der Waals surface area contributed by atoms with Crippen molar-refractivity contribution in [2.45, 2.75) is 33.1 Å². The highest BCUT2D eigenvalue weighted by atomic mass is 35.5. The molecule has 0 spiro atoms. The van der Waals surface area contributed by atoms with Crippen LogP contribution in [0.3, 0.4) is 0 Å². The number of carbonyl (C=O) groups excluding carboxylic acids is 1. The average Bonchev–Trinajstić information content (AvgIpc) is 2.04. The minimum absolute atomic E-state index is 0.289. The monoisotopic (exact) mass is 184 g/mol. The van der Waals surface area contributed by atoms with Gasteiger partial charge in [0.2, 0.25) is 5.24 Å². The van der Waals surface area contributed by atoms with E-state index in [4.69, 9.17) is 11.6 Å². The second-order valence-electron chi connectivity index (χ2n) is 3.31. The molecule has 0 radical (unpaired) electrons. The zero-order valence-corrected chi connectivity index (χ0v) is 8.24. The molecule has 0 atom stereocenters. The van der Waals surface area contributed by atoms with Gasteiger partial charge in [0.1, 0.15) is 0 Å². The smallest absolute Gasteiger partial charge is 0.248 e. The molecule has 1 aliphatic rings. The van der Waals surface area contributed by atoms with Gasteiger partial charge in [-0.25, -0.2) is 0 Å². The van der Waals surface area contributed by atoms with Crippen LogP contribution in [0.5, 0.6) is 0 Å². The van der Waals surface area contributed by atoms with Gasteiger partial charge in [-0.1, -0.05) is 17.2 Å². The minimum Gasteiger partial charge on any atom is -0.276 e. The third kappa shape index (κ3) is 2.21.